The molecular weight excluding hydrogens is 254 g/mol. The summed E-state index contributed by atoms with van der Waals surface area (Å²) in [5.41, 5.74) is 7.00. The largest absolute Gasteiger partial charge is 0.399 e. The molecule has 1 aromatic rings. The van der Waals surface area contributed by atoms with Crippen molar-refractivity contribution < 1.29 is 9.90 Å². The molecule has 4 N–H and O–H groups in total. The van der Waals surface area contributed by atoms with Gasteiger partial charge in [-0.15, -0.1) is 0 Å². The van der Waals surface area contributed by atoms with Crippen molar-refractivity contribution in [2.45, 2.75) is 37.8 Å². The Bertz CT molecular complexity index is 464. The number of anilines is 2. The molecule has 1 saturated carbocycles. The molecule has 1 aromatic carbocycles. The number of likely N-dealkylation sites (N-methyl/N-ethyl adjacent to an activating group) is 1. The van der Waals surface area contributed by atoms with E-state index in [1.807, 2.05) is 18.0 Å². The predicted molar refractivity (Wildman–Crippen MR) is 80.4 cm³/mol. The molecule has 0 aromatic heterocycles. The smallest absolute Gasteiger partial charge is 0.238 e. The molecule has 2 unspecified atom stereocenters. The minimum atomic E-state index is -0.325. The summed E-state index contributed by atoms with van der Waals surface area (Å²) in [5.74, 6) is -0.0872. The molecule has 0 aliphatic heterocycles. The van der Waals surface area contributed by atoms with Crippen LogP contribution in [-0.4, -0.2) is 41.7 Å². The fourth-order valence-corrected chi connectivity index (χ4v) is 2.77. The van der Waals surface area contributed by atoms with Crippen LogP contribution in [0.15, 0.2) is 24.3 Å². The van der Waals surface area contributed by atoms with Gasteiger partial charge in [-0.1, -0.05) is 18.9 Å². The van der Waals surface area contributed by atoms with Gasteiger partial charge < -0.3 is 16.2 Å². The lowest BCUT2D eigenvalue weighted by molar-refractivity contribution is -0.118. The first-order valence-corrected chi connectivity index (χ1v) is 7.10. The van der Waals surface area contributed by atoms with Crippen molar-refractivity contribution in [2.75, 3.05) is 24.6 Å². The Hall–Kier alpha value is -1.59. The lowest BCUT2D eigenvalue weighted by atomic mass is 9.91. The van der Waals surface area contributed by atoms with Crippen molar-refractivity contribution in [3.05, 3.63) is 24.3 Å². The van der Waals surface area contributed by atoms with Crippen LogP contribution in [-0.2, 0) is 4.79 Å². The van der Waals surface area contributed by atoms with Crippen LogP contribution in [0.1, 0.15) is 25.7 Å². The number of nitrogens with zero attached hydrogens (tertiary/aromatic N) is 1. The molecule has 1 amide bonds. The van der Waals surface area contributed by atoms with Crippen LogP contribution in [0, 0.1) is 0 Å². The number of carbonyl (C=O) groups is 1. The van der Waals surface area contributed by atoms with E-state index in [0.717, 1.165) is 25.7 Å². The summed E-state index contributed by atoms with van der Waals surface area (Å²) >= 11 is 0. The molecule has 0 saturated heterocycles. The monoisotopic (exact) mass is 277 g/mol. The highest BCUT2D eigenvalue weighted by Gasteiger charge is 2.27. The average molecular weight is 277 g/mol. The van der Waals surface area contributed by atoms with E-state index >= 15 is 0 Å². The molecule has 5 heteroatoms. The Morgan fingerprint density at radius 1 is 1.45 bits per heavy atom. The highest BCUT2D eigenvalue weighted by molar-refractivity contribution is 5.92. The molecule has 0 radical (unpaired) electrons. The summed E-state index contributed by atoms with van der Waals surface area (Å²) in [6, 6.07) is 7.20. The number of carbonyl (C=O) groups excluding carboxylic acids is 1. The van der Waals surface area contributed by atoms with Crippen LogP contribution in [0.3, 0.4) is 0 Å². The van der Waals surface area contributed by atoms with Crippen LogP contribution in [0.25, 0.3) is 0 Å². The Morgan fingerprint density at radius 2 is 2.20 bits per heavy atom. The normalized spacial score (nSPS) is 22.8. The van der Waals surface area contributed by atoms with Crippen LogP contribution >= 0.6 is 0 Å². The van der Waals surface area contributed by atoms with Crippen molar-refractivity contribution >= 4 is 17.3 Å². The van der Waals surface area contributed by atoms with Gasteiger partial charge in [0.1, 0.15) is 0 Å². The SMILES string of the molecule is CN(CC(=O)Nc1cccc(N)c1)C1CCCCC1O. The summed E-state index contributed by atoms with van der Waals surface area (Å²) in [5, 5.41) is 12.8. The van der Waals surface area contributed by atoms with Crippen molar-refractivity contribution in [2.24, 2.45) is 0 Å². The maximum absolute atomic E-state index is 12.0. The minimum Gasteiger partial charge on any atom is -0.399 e. The third-order valence-electron chi connectivity index (χ3n) is 3.82. The van der Waals surface area contributed by atoms with Crippen LogP contribution in [0.2, 0.25) is 0 Å². The fraction of sp³-hybridized carbons (Fsp3) is 0.533. The predicted octanol–water partition coefficient (Wildman–Crippen LogP) is 1.44. The van der Waals surface area contributed by atoms with Gasteiger partial charge in [-0.25, -0.2) is 0 Å². The van der Waals surface area contributed by atoms with Gasteiger partial charge >= 0.3 is 0 Å². The zero-order valence-electron chi connectivity index (χ0n) is 11.9. The first kappa shape index (κ1) is 14.8. The average Bonchev–Trinajstić information content (AvgIpc) is 2.38. The van der Waals surface area contributed by atoms with Gasteiger partial charge in [-0.2, -0.15) is 0 Å². The Labute approximate surface area is 119 Å². The van der Waals surface area contributed by atoms with Crippen LogP contribution in [0.5, 0.6) is 0 Å². The van der Waals surface area contributed by atoms with Gasteiger partial charge in [0.25, 0.3) is 0 Å². The van der Waals surface area contributed by atoms with Crippen molar-refractivity contribution in [1.29, 1.82) is 0 Å². The van der Waals surface area contributed by atoms with E-state index in [-0.39, 0.29) is 24.6 Å². The molecule has 110 valence electrons. The van der Waals surface area contributed by atoms with Crippen LogP contribution < -0.4 is 11.1 Å². The topological polar surface area (TPSA) is 78.6 Å². The maximum atomic E-state index is 12.0. The Morgan fingerprint density at radius 3 is 2.90 bits per heavy atom. The van der Waals surface area contributed by atoms with Gasteiger partial charge in [-0.3, -0.25) is 9.69 Å². The zero-order valence-corrected chi connectivity index (χ0v) is 11.9. The second-order valence-corrected chi connectivity index (χ2v) is 5.51. The number of nitrogen functional groups attached to an aromatic ring is 1. The van der Waals surface area contributed by atoms with E-state index in [2.05, 4.69) is 5.32 Å². The standard InChI is InChI=1S/C15H23N3O2/c1-18(13-7-2-3-8-14(13)19)10-15(20)17-12-6-4-5-11(16)9-12/h4-6,9,13-14,19H,2-3,7-8,10,16H2,1H3,(H,17,20). The number of amides is 1. The number of aliphatic hydroxyl groups excluding tert-OH is 1. The van der Waals surface area contributed by atoms with E-state index < -0.39 is 0 Å². The first-order chi connectivity index (χ1) is 9.56. The third kappa shape index (κ3) is 3.95. The number of benzene rings is 1. The van der Waals surface area contributed by atoms with Crippen molar-refractivity contribution in [3.8, 4) is 0 Å². The molecule has 0 bridgehead atoms. The highest BCUT2D eigenvalue weighted by Crippen LogP contribution is 2.22. The highest BCUT2D eigenvalue weighted by atomic mass is 16.3. The second-order valence-electron chi connectivity index (χ2n) is 5.51. The molecule has 2 rings (SSSR count). The molecule has 20 heavy (non-hydrogen) atoms. The third-order valence-corrected chi connectivity index (χ3v) is 3.82. The van der Waals surface area contributed by atoms with E-state index in [4.69, 9.17) is 5.73 Å². The number of aliphatic hydroxyl groups is 1. The number of rotatable bonds is 4. The van der Waals surface area contributed by atoms with Crippen molar-refractivity contribution in [1.82, 2.24) is 4.90 Å². The van der Waals surface area contributed by atoms with Gasteiger partial charge in [0.15, 0.2) is 0 Å². The molecule has 1 fully saturated rings. The van der Waals surface area contributed by atoms with Crippen molar-refractivity contribution in [3.63, 3.8) is 0 Å². The molecule has 1 aliphatic rings. The molecule has 1 aliphatic carbocycles. The summed E-state index contributed by atoms with van der Waals surface area (Å²) < 4.78 is 0. The first-order valence-electron chi connectivity index (χ1n) is 7.10. The lowest BCUT2D eigenvalue weighted by Gasteiger charge is -2.34. The maximum Gasteiger partial charge on any atom is 0.238 e. The summed E-state index contributed by atoms with van der Waals surface area (Å²) in [6.45, 7) is 0.274. The number of hydrogen-bond donors (Lipinski definition) is 3. The van der Waals surface area contributed by atoms with Crippen LogP contribution in [0.4, 0.5) is 11.4 Å². The van der Waals surface area contributed by atoms with E-state index in [9.17, 15) is 9.90 Å². The quantitative estimate of drug-likeness (QED) is 0.728. The Kier molecular flexibility index (Phi) is 4.98. The molecule has 5 nitrogen and oxygen atoms in total. The number of nitrogens with two attached hydrogens (primary N) is 1. The van der Waals surface area contributed by atoms with E-state index in [1.165, 1.54) is 0 Å². The molecular formula is C15H23N3O2. The summed E-state index contributed by atoms with van der Waals surface area (Å²) in [7, 11) is 1.89. The van der Waals surface area contributed by atoms with Gasteiger partial charge in [-0.05, 0) is 38.1 Å². The Balaban J connectivity index is 1.87. The minimum absolute atomic E-state index is 0.0790. The van der Waals surface area contributed by atoms with Gasteiger partial charge in [0, 0.05) is 17.4 Å². The number of hydrogen-bond acceptors (Lipinski definition) is 4. The molecule has 0 spiro atoms. The molecule has 0 heterocycles. The fourth-order valence-electron chi connectivity index (χ4n) is 2.77. The number of nitrogens with one attached hydrogen (secondary N) is 1. The summed E-state index contributed by atoms with van der Waals surface area (Å²) in [6.07, 6.45) is 3.63. The van der Waals surface area contributed by atoms with Gasteiger partial charge in [0.05, 0.1) is 12.6 Å². The van der Waals surface area contributed by atoms with E-state index in [0.29, 0.717) is 11.4 Å². The zero-order chi connectivity index (χ0) is 14.5. The van der Waals surface area contributed by atoms with E-state index in [1.54, 1.807) is 18.2 Å². The second kappa shape index (κ2) is 6.72. The molecule has 2 atom stereocenters. The van der Waals surface area contributed by atoms with Gasteiger partial charge in [0.2, 0.25) is 5.91 Å². The lowest BCUT2D eigenvalue weighted by Crippen LogP contribution is -2.46. The summed E-state index contributed by atoms with van der Waals surface area (Å²) in [4.78, 5) is 13.9.